The van der Waals surface area contributed by atoms with Gasteiger partial charge in [0.1, 0.15) is 0 Å². The highest BCUT2D eigenvalue weighted by molar-refractivity contribution is 5.87. The lowest BCUT2D eigenvalue weighted by atomic mass is 10.1. The average molecular weight is 288 g/mol. The zero-order valence-electron chi connectivity index (χ0n) is 12.0. The molecule has 0 atom stereocenters. The number of para-hydroxylation sites is 2. The van der Waals surface area contributed by atoms with E-state index in [1.165, 1.54) is 0 Å². The van der Waals surface area contributed by atoms with Crippen LogP contribution in [0.3, 0.4) is 0 Å². The molecule has 3 nitrogen and oxygen atoms in total. The summed E-state index contributed by atoms with van der Waals surface area (Å²) in [6, 6.07) is 25.6. The molecule has 0 saturated heterocycles. The van der Waals surface area contributed by atoms with Crippen molar-refractivity contribution < 1.29 is 4.79 Å². The number of hydrogen-bond donors (Lipinski definition) is 1. The summed E-state index contributed by atoms with van der Waals surface area (Å²) in [6.45, 7) is 0. The molecule has 108 valence electrons. The molecule has 0 fully saturated rings. The molecule has 0 bridgehead atoms. The molecular formula is C19H16N2O. The van der Waals surface area contributed by atoms with Crippen molar-refractivity contribution >= 4 is 29.0 Å². The summed E-state index contributed by atoms with van der Waals surface area (Å²) in [5.74, 6) is 0. The second-order valence-corrected chi connectivity index (χ2v) is 4.94. The standard InChI is InChI=1S/C19H16N2O/c20-19-13-18(12-11-15(19)14-22)21(16-7-3-1-4-8-16)17-9-5-2-6-10-17/h1-14H,20H2. The Bertz CT molecular complexity index is 730. The van der Waals surface area contributed by atoms with E-state index in [9.17, 15) is 4.79 Å². The SMILES string of the molecule is Nc1cc(N(c2ccccc2)c2ccccc2)ccc1C=O. The predicted molar refractivity (Wildman–Crippen MR) is 90.9 cm³/mol. The molecule has 0 unspecified atom stereocenters. The van der Waals surface area contributed by atoms with Crippen molar-refractivity contribution in [2.75, 3.05) is 10.6 Å². The molecule has 0 aliphatic carbocycles. The number of benzene rings is 3. The summed E-state index contributed by atoms with van der Waals surface area (Å²) in [4.78, 5) is 13.1. The van der Waals surface area contributed by atoms with Crippen LogP contribution in [-0.4, -0.2) is 6.29 Å². The number of aldehydes is 1. The minimum atomic E-state index is 0.476. The van der Waals surface area contributed by atoms with Crippen molar-refractivity contribution in [2.45, 2.75) is 0 Å². The van der Waals surface area contributed by atoms with Crippen molar-refractivity contribution in [1.82, 2.24) is 0 Å². The topological polar surface area (TPSA) is 46.3 Å². The van der Waals surface area contributed by atoms with Crippen molar-refractivity contribution in [2.24, 2.45) is 0 Å². The van der Waals surface area contributed by atoms with Crippen LogP contribution in [0.1, 0.15) is 10.4 Å². The van der Waals surface area contributed by atoms with E-state index in [-0.39, 0.29) is 0 Å². The maximum absolute atomic E-state index is 11.0. The van der Waals surface area contributed by atoms with Crippen LogP contribution < -0.4 is 10.6 Å². The number of hydrogen-bond acceptors (Lipinski definition) is 3. The van der Waals surface area contributed by atoms with Gasteiger partial charge in [-0.1, -0.05) is 36.4 Å². The van der Waals surface area contributed by atoms with E-state index in [1.54, 1.807) is 6.07 Å². The van der Waals surface area contributed by atoms with E-state index in [2.05, 4.69) is 4.90 Å². The van der Waals surface area contributed by atoms with Crippen molar-refractivity contribution in [3.63, 3.8) is 0 Å². The number of nitrogen functional groups attached to an aromatic ring is 1. The number of carbonyl (C=O) groups is 1. The summed E-state index contributed by atoms with van der Waals surface area (Å²) < 4.78 is 0. The second-order valence-electron chi connectivity index (χ2n) is 4.94. The van der Waals surface area contributed by atoms with Crippen molar-refractivity contribution in [3.8, 4) is 0 Å². The minimum Gasteiger partial charge on any atom is -0.398 e. The maximum atomic E-state index is 11.0. The van der Waals surface area contributed by atoms with Gasteiger partial charge in [-0.3, -0.25) is 4.79 Å². The molecule has 3 rings (SSSR count). The summed E-state index contributed by atoms with van der Waals surface area (Å²) in [5, 5.41) is 0. The first kappa shape index (κ1) is 13.9. The van der Waals surface area contributed by atoms with Gasteiger partial charge in [-0.15, -0.1) is 0 Å². The number of carbonyl (C=O) groups excluding carboxylic acids is 1. The molecule has 0 heterocycles. The van der Waals surface area contributed by atoms with Crippen LogP contribution in [-0.2, 0) is 0 Å². The maximum Gasteiger partial charge on any atom is 0.152 e. The van der Waals surface area contributed by atoms with Crippen LogP contribution in [0.15, 0.2) is 78.9 Å². The lowest BCUT2D eigenvalue weighted by Gasteiger charge is -2.25. The third-order valence-corrected chi connectivity index (χ3v) is 3.48. The van der Waals surface area contributed by atoms with Crippen LogP contribution in [0.2, 0.25) is 0 Å². The van der Waals surface area contributed by atoms with E-state index < -0.39 is 0 Å². The summed E-state index contributed by atoms with van der Waals surface area (Å²) in [7, 11) is 0. The molecule has 0 aliphatic rings. The Labute approximate surface area is 129 Å². The average Bonchev–Trinajstić information content (AvgIpc) is 2.57. The van der Waals surface area contributed by atoms with Gasteiger partial charge >= 0.3 is 0 Å². The van der Waals surface area contributed by atoms with Crippen molar-refractivity contribution in [3.05, 3.63) is 84.4 Å². The summed E-state index contributed by atoms with van der Waals surface area (Å²) in [5.41, 5.74) is 9.93. The quantitative estimate of drug-likeness (QED) is 0.566. The van der Waals surface area contributed by atoms with Crippen LogP contribution in [0.5, 0.6) is 0 Å². The Morgan fingerprint density at radius 2 is 1.27 bits per heavy atom. The van der Waals surface area contributed by atoms with Crippen LogP contribution >= 0.6 is 0 Å². The fourth-order valence-corrected chi connectivity index (χ4v) is 2.41. The summed E-state index contributed by atoms with van der Waals surface area (Å²) in [6.07, 6.45) is 0.772. The van der Waals surface area contributed by atoms with Gasteiger partial charge in [0.2, 0.25) is 0 Å². The molecule has 0 spiro atoms. The Kier molecular flexibility index (Phi) is 3.88. The fraction of sp³-hybridized carbons (Fsp3) is 0. The second kappa shape index (κ2) is 6.14. The fourth-order valence-electron chi connectivity index (χ4n) is 2.41. The third kappa shape index (κ3) is 2.69. The van der Waals surface area contributed by atoms with Gasteiger partial charge in [-0.2, -0.15) is 0 Å². The molecule has 0 radical (unpaired) electrons. The molecule has 22 heavy (non-hydrogen) atoms. The number of nitrogens with zero attached hydrogens (tertiary/aromatic N) is 1. The number of rotatable bonds is 4. The van der Waals surface area contributed by atoms with Gasteiger partial charge < -0.3 is 10.6 Å². The molecule has 3 aromatic carbocycles. The molecule has 2 N–H and O–H groups in total. The zero-order valence-corrected chi connectivity index (χ0v) is 12.0. The minimum absolute atomic E-state index is 0.476. The van der Waals surface area contributed by atoms with E-state index in [0.29, 0.717) is 11.3 Å². The van der Waals surface area contributed by atoms with E-state index in [4.69, 9.17) is 5.73 Å². The molecule has 3 aromatic rings. The molecule has 3 heteroatoms. The first-order valence-electron chi connectivity index (χ1n) is 7.04. The Balaban J connectivity index is 2.14. The summed E-state index contributed by atoms with van der Waals surface area (Å²) >= 11 is 0. The zero-order chi connectivity index (χ0) is 15.4. The van der Waals surface area contributed by atoms with Gasteiger partial charge in [-0.25, -0.2) is 0 Å². The molecule has 0 aliphatic heterocycles. The van der Waals surface area contributed by atoms with Crippen molar-refractivity contribution in [1.29, 1.82) is 0 Å². The Hall–Kier alpha value is -3.07. The lowest BCUT2D eigenvalue weighted by Crippen LogP contribution is -2.10. The van der Waals surface area contributed by atoms with Gasteiger partial charge in [0.25, 0.3) is 0 Å². The third-order valence-electron chi connectivity index (χ3n) is 3.48. The molecule has 0 aromatic heterocycles. The van der Waals surface area contributed by atoms with Crippen LogP contribution in [0.25, 0.3) is 0 Å². The Morgan fingerprint density at radius 3 is 1.73 bits per heavy atom. The van der Waals surface area contributed by atoms with E-state index >= 15 is 0 Å². The largest absolute Gasteiger partial charge is 0.398 e. The normalized spacial score (nSPS) is 10.2. The first-order chi connectivity index (χ1) is 10.8. The van der Waals surface area contributed by atoms with Gasteiger partial charge in [0.05, 0.1) is 0 Å². The highest BCUT2D eigenvalue weighted by Crippen LogP contribution is 2.35. The Morgan fingerprint density at radius 1 is 0.727 bits per heavy atom. The van der Waals surface area contributed by atoms with Gasteiger partial charge in [0, 0.05) is 28.3 Å². The van der Waals surface area contributed by atoms with E-state index in [0.717, 1.165) is 23.3 Å². The van der Waals surface area contributed by atoms with Crippen LogP contribution in [0, 0.1) is 0 Å². The number of anilines is 4. The molecule has 0 amide bonds. The van der Waals surface area contributed by atoms with Crippen LogP contribution in [0.4, 0.5) is 22.7 Å². The highest BCUT2D eigenvalue weighted by Gasteiger charge is 2.12. The number of nitrogens with two attached hydrogens (primary N) is 1. The predicted octanol–water partition coefficient (Wildman–Crippen LogP) is 4.55. The van der Waals surface area contributed by atoms with E-state index in [1.807, 2.05) is 72.8 Å². The monoisotopic (exact) mass is 288 g/mol. The lowest BCUT2D eigenvalue weighted by molar-refractivity contribution is 0.112. The van der Waals surface area contributed by atoms with Gasteiger partial charge in [0.15, 0.2) is 6.29 Å². The van der Waals surface area contributed by atoms with Gasteiger partial charge in [-0.05, 0) is 42.5 Å². The molecule has 0 saturated carbocycles. The molecular weight excluding hydrogens is 272 g/mol. The first-order valence-corrected chi connectivity index (χ1v) is 7.04. The highest BCUT2D eigenvalue weighted by atomic mass is 16.1. The smallest absolute Gasteiger partial charge is 0.152 e.